The molecule has 0 unspecified atom stereocenters. The number of ether oxygens (including phenoxy) is 1. The van der Waals surface area contributed by atoms with Crippen LogP contribution in [0.2, 0.25) is 0 Å². The third-order valence-corrected chi connectivity index (χ3v) is 5.43. The number of rotatable bonds is 7. The molecule has 1 N–H and O–H groups in total. The van der Waals surface area contributed by atoms with Crippen LogP contribution in [0.1, 0.15) is 28.7 Å². The van der Waals surface area contributed by atoms with Crippen LogP contribution in [-0.4, -0.2) is 41.4 Å². The molecular formula is C24H26N4O3. The summed E-state index contributed by atoms with van der Waals surface area (Å²) in [6, 6.07) is 18.1. The van der Waals surface area contributed by atoms with Gasteiger partial charge in [-0.15, -0.1) is 0 Å². The molecule has 1 amide bonds. The summed E-state index contributed by atoms with van der Waals surface area (Å²) in [4.78, 5) is 26.5. The number of carbonyl (C=O) groups is 2. The zero-order chi connectivity index (χ0) is 21.8. The maximum Gasteiger partial charge on any atom is 0.319 e. The van der Waals surface area contributed by atoms with Gasteiger partial charge in [-0.1, -0.05) is 42.5 Å². The van der Waals surface area contributed by atoms with Crippen molar-refractivity contribution in [1.29, 1.82) is 0 Å². The van der Waals surface area contributed by atoms with Crippen LogP contribution in [-0.2, 0) is 29.5 Å². The molecule has 1 aromatic heterocycles. The highest BCUT2D eigenvalue weighted by Crippen LogP contribution is 2.36. The van der Waals surface area contributed by atoms with Gasteiger partial charge >= 0.3 is 5.97 Å². The molecule has 0 saturated heterocycles. The number of nitrogens with one attached hydrogen (secondary N) is 1. The van der Waals surface area contributed by atoms with Gasteiger partial charge in [0.1, 0.15) is 0 Å². The Kier molecular flexibility index (Phi) is 6.13. The minimum atomic E-state index is -0.302. The molecule has 0 bridgehead atoms. The molecule has 0 radical (unpaired) electrons. The fourth-order valence-electron chi connectivity index (χ4n) is 3.95. The first-order valence-electron chi connectivity index (χ1n) is 10.5. The topological polar surface area (TPSA) is 76.5 Å². The van der Waals surface area contributed by atoms with Crippen molar-refractivity contribution in [3.8, 4) is 11.1 Å². The summed E-state index contributed by atoms with van der Waals surface area (Å²) >= 11 is 0. The molecule has 0 fully saturated rings. The van der Waals surface area contributed by atoms with E-state index in [0.717, 1.165) is 23.4 Å². The Balaban J connectivity index is 1.50. The Bertz CT molecular complexity index is 1090. The van der Waals surface area contributed by atoms with Crippen molar-refractivity contribution < 1.29 is 14.3 Å². The van der Waals surface area contributed by atoms with Crippen LogP contribution in [0.25, 0.3) is 11.1 Å². The molecule has 4 rings (SSSR count). The van der Waals surface area contributed by atoms with Crippen LogP contribution in [0.5, 0.6) is 0 Å². The predicted molar refractivity (Wildman–Crippen MR) is 119 cm³/mol. The molecule has 0 aliphatic carbocycles. The van der Waals surface area contributed by atoms with Crippen molar-refractivity contribution in [3.05, 3.63) is 71.5 Å². The van der Waals surface area contributed by atoms with E-state index in [1.54, 1.807) is 29.6 Å². The standard InChI is InChI=1S/C24H26N4O3/c1-3-31-23(29)16-25-15-18-14-21(26-27(18)2)24(30)28-13-12-20-19(10-7-11-22(20)28)17-8-5-4-6-9-17/h4-11,14,25H,3,12-13,15-16H2,1-2H3. The van der Waals surface area contributed by atoms with E-state index in [2.05, 4.69) is 28.6 Å². The number of nitrogens with zero attached hydrogens (tertiary/aromatic N) is 3. The molecule has 7 heteroatoms. The lowest BCUT2D eigenvalue weighted by molar-refractivity contribution is -0.142. The highest BCUT2D eigenvalue weighted by atomic mass is 16.5. The van der Waals surface area contributed by atoms with E-state index in [1.165, 1.54) is 11.1 Å². The minimum absolute atomic E-state index is 0.115. The van der Waals surface area contributed by atoms with Gasteiger partial charge in [-0.25, -0.2) is 0 Å². The Morgan fingerprint density at radius 1 is 1.13 bits per heavy atom. The second kappa shape index (κ2) is 9.14. The summed E-state index contributed by atoms with van der Waals surface area (Å²) in [7, 11) is 1.80. The van der Waals surface area contributed by atoms with Gasteiger partial charge in [-0.3, -0.25) is 14.3 Å². The van der Waals surface area contributed by atoms with E-state index in [-0.39, 0.29) is 18.4 Å². The maximum atomic E-state index is 13.2. The summed E-state index contributed by atoms with van der Waals surface area (Å²) < 4.78 is 6.58. The van der Waals surface area contributed by atoms with Gasteiger partial charge < -0.3 is 15.0 Å². The SMILES string of the molecule is CCOC(=O)CNCc1cc(C(=O)N2CCc3c(-c4ccccc4)cccc32)nn1C. The zero-order valence-electron chi connectivity index (χ0n) is 17.8. The number of fused-ring (bicyclic) bond motifs is 1. The van der Waals surface area contributed by atoms with Crippen LogP contribution in [0.3, 0.4) is 0 Å². The quantitative estimate of drug-likeness (QED) is 0.597. The number of amides is 1. The second-order valence-corrected chi connectivity index (χ2v) is 7.43. The molecule has 1 aliphatic heterocycles. The summed E-state index contributed by atoms with van der Waals surface area (Å²) in [5.41, 5.74) is 5.67. The minimum Gasteiger partial charge on any atom is -0.465 e. The average molecular weight is 418 g/mol. The zero-order valence-corrected chi connectivity index (χ0v) is 17.8. The highest BCUT2D eigenvalue weighted by Gasteiger charge is 2.29. The van der Waals surface area contributed by atoms with E-state index >= 15 is 0 Å². The molecule has 160 valence electrons. The second-order valence-electron chi connectivity index (χ2n) is 7.43. The van der Waals surface area contributed by atoms with Crippen LogP contribution in [0, 0.1) is 0 Å². The van der Waals surface area contributed by atoms with Gasteiger partial charge in [-0.05, 0) is 42.2 Å². The van der Waals surface area contributed by atoms with Crippen LogP contribution in [0.4, 0.5) is 5.69 Å². The lowest BCUT2D eigenvalue weighted by Crippen LogP contribution is -2.29. The molecule has 31 heavy (non-hydrogen) atoms. The fourth-order valence-corrected chi connectivity index (χ4v) is 3.95. The number of hydrogen-bond donors (Lipinski definition) is 1. The first-order chi connectivity index (χ1) is 15.1. The smallest absolute Gasteiger partial charge is 0.319 e. The molecule has 0 saturated carbocycles. The highest BCUT2D eigenvalue weighted by molar-refractivity contribution is 6.06. The first-order valence-corrected chi connectivity index (χ1v) is 10.5. The first kappa shape index (κ1) is 20.8. The fraction of sp³-hybridized carbons (Fsp3) is 0.292. The summed E-state index contributed by atoms with van der Waals surface area (Å²) in [5, 5.41) is 7.44. The Morgan fingerprint density at radius 3 is 2.71 bits per heavy atom. The van der Waals surface area contributed by atoms with Gasteiger partial charge in [-0.2, -0.15) is 5.10 Å². The van der Waals surface area contributed by atoms with E-state index in [0.29, 0.717) is 25.4 Å². The van der Waals surface area contributed by atoms with Crippen molar-refractivity contribution in [2.24, 2.45) is 7.05 Å². The Labute approximate surface area is 181 Å². The van der Waals surface area contributed by atoms with E-state index in [9.17, 15) is 9.59 Å². The van der Waals surface area contributed by atoms with Crippen LogP contribution in [0.15, 0.2) is 54.6 Å². The van der Waals surface area contributed by atoms with Gasteiger partial charge in [0.2, 0.25) is 0 Å². The number of aromatic nitrogens is 2. The number of carbonyl (C=O) groups excluding carboxylic acids is 2. The van der Waals surface area contributed by atoms with Gasteiger partial charge in [0, 0.05) is 25.8 Å². The molecule has 2 aromatic carbocycles. The molecule has 7 nitrogen and oxygen atoms in total. The third kappa shape index (κ3) is 4.36. The molecule has 0 spiro atoms. The van der Waals surface area contributed by atoms with Crippen molar-refractivity contribution in [1.82, 2.24) is 15.1 Å². The van der Waals surface area contributed by atoms with Gasteiger partial charge in [0.15, 0.2) is 5.69 Å². The van der Waals surface area contributed by atoms with Crippen LogP contribution < -0.4 is 10.2 Å². The number of benzene rings is 2. The van der Waals surface area contributed by atoms with Crippen molar-refractivity contribution in [2.75, 3.05) is 24.6 Å². The number of hydrogen-bond acceptors (Lipinski definition) is 5. The molecule has 2 heterocycles. The number of esters is 1. The molecule has 0 atom stereocenters. The number of anilines is 1. The van der Waals surface area contributed by atoms with Crippen molar-refractivity contribution in [2.45, 2.75) is 19.9 Å². The molecule has 1 aliphatic rings. The van der Waals surface area contributed by atoms with E-state index in [1.807, 2.05) is 30.3 Å². The molecular weight excluding hydrogens is 392 g/mol. The van der Waals surface area contributed by atoms with Crippen molar-refractivity contribution >= 4 is 17.6 Å². The Morgan fingerprint density at radius 2 is 1.94 bits per heavy atom. The molecule has 3 aromatic rings. The Hall–Kier alpha value is -3.45. The van der Waals surface area contributed by atoms with Gasteiger partial charge in [0.25, 0.3) is 5.91 Å². The van der Waals surface area contributed by atoms with Crippen molar-refractivity contribution in [3.63, 3.8) is 0 Å². The third-order valence-electron chi connectivity index (χ3n) is 5.43. The summed E-state index contributed by atoms with van der Waals surface area (Å²) in [6.45, 7) is 3.30. The largest absolute Gasteiger partial charge is 0.465 e. The lowest BCUT2D eigenvalue weighted by Gasteiger charge is -2.16. The monoisotopic (exact) mass is 418 g/mol. The summed E-state index contributed by atoms with van der Waals surface area (Å²) in [6.07, 6.45) is 0.812. The van der Waals surface area contributed by atoms with E-state index in [4.69, 9.17) is 4.74 Å². The lowest BCUT2D eigenvalue weighted by atomic mass is 9.98. The van der Waals surface area contributed by atoms with Crippen LogP contribution >= 0.6 is 0 Å². The predicted octanol–water partition coefficient (Wildman–Crippen LogP) is 2.94. The maximum absolute atomic E-state index is 13.2. The average Bonchev–Trinajstić information content (AvgIpc) is 3.38. The van der Waals surface area contributed by atoms with Gasteiger partial charge in [0.05, 0.1) is 18.8 Å². The van der Waals surface area contributed by atoms with E-state index < -0.39 is 0 Å². The normalized spacial score (nSPS) is 12.6. The number of aryl methyl sites for hydroxylation is 1. The summed E-state index contributed by atoms with van der Waals surface area (Å²) in [5.74, 6) is -0.417.